The average Bonchev–Trinajstić information content (AvgIpc) is 2.95. The van der Waals surface area contributed by atoms with Crippen LogP contribution in [0.25, 0.3) is 0 Å². The zero-order valence-electron chi connectivity index (χ0n) is 11.5. The molecule has 0 saturated heterocycles. The van der Waals surface area contributed by atoms with Crippen molar-refractivity contribution < 1.29 is 4.79 Å². The van der Waals surface area contributed by atoms with Crippen molar-refractivity contribution in [1.29, 1.82) is 0 Å². The fourth-order valence-corrected chi connectivity index (χ4v) is 2.69. The molecule has 0 aromatic heterocycles. The Morgan fingerprint density at radius 2 is 2.16 bits per heavy atom. The first-order valence-electron chi connectivity index (χ1n) is 6.75. The summed E-state index contributed by atoms with van der Waals surface area (Å²) in [5.41, 5.74) is 2.13. The summed E-state index contributed by atoms with van der Waals surface area (Å²) in [6.07, 6.45) is 1.94. The lowest BCUT2D eigenvalue weighted by molar-refractivity contribution is -0.127. The minimum absolute atomic E-state index is 0.122. The first kappa shape index (κ1) is 14.1. The average molecular weight is 276 g/mol. The van der Waals surface area contributed by atoms with E-state index in [0.29, 0.717) is 17.5 Å². The Balaban J connectivity index is 1.93. The Morgan fingerprint density at radius 1 is 1.42 bits per heavy atom. The number of nitrogens with zero attached hydrogens (tertiary/aromatic N) is 2. The van der Waals surface area contributed by atoms with Gasteiger partial charge in [0, 0.05) is 11.7 Å². The van der Waals surface area contributed by atoms with E-state index in [0.717, 1.165) is 24.1 Å². The molecule has 0 bridgehead atoms. The lowest BCUT2D eigenvalue weighted by Crippen LogP contribution is -2.25. The molecule has 0 saturated carbocycles. The van der Waals surface area contributed by atoms with Crippen molar-refractivity contribution in [2.45, 2.75) is 31.9 Å². The van der Waals surface area contributed by atoms with Crippen LogP contribution in [0.4, 0.5) is 0 Å². The number of hydrazone groups is 1. The van der Waals surface area contributed by atoms with Gasteiger partial charge in [0.1, 0.15) is 0 Å². The van der Waals surface area contributed by atoms with Gasteiger partial charge in [-0.1, -0.05) is 44.2 Å². The summed E-state index contributed by atoms with van der Waals surface area (Å²) in [5, 5.41) is 6.60. The number of carbonyl (C=O) groups is 1. The van der Waals surface area contributed by atoms with E-state index >= 15 is 0 Å². The van der Waals surface area contributed by atoms with Crippen LogP contribution in [0.15, 0.2) is 35.4 Å². The van der Waals surface area contributed by atoms with E-state index in [2.05, 4.69) is 18.9 Å². The van der Waals surface area contributed by atoms with Crippen molar-refractivity contribution in [2.75, 3.05) is 12.3 Å². The van der Waals surface area contributed by atoms with Crippen LogP contribution in [-0.2, 0) is 4.79 Å². The van der Waals surface area contributed by atoms with Crippen molar-refractivity contribution >= 4 is 23.4 Å². The van der Waals surface area contributed by atoms with Crippen LogP contribution in [-0.4, -0.2) is 34.2 Å². The van der Waals surface area contributed by atoms with Gasteiger partial charge >= 0.3 is 0 Å². The SMILES string of the molecule is CC[C@H](C)SCC(=O)N1CCC(c2ccccc2)=N1. The van der Waals surface area contributed by atoms with E-state index < -0.39 is 0 Å². The topological polar surface area (TPSA) is 32.7 Å². The molecule has 2 rings (SSSR count). The van der Waals surface area contributed by atoms with Crippen LogP contribution >= 0.6 is 11.8 Å². The second-order valence-electron chi connectivity index (χ2n) is 4.71. The van der Waals surface area contributed by atoms with Gasteiger partial charge in [-0.2, -0.15) is 5.10 Å². The van der Waals surface area contributed by atoms with Gasteiger partial charge in [0.25, 0.3) is 5.91 Å². The highest BCUT2D eigenvalue weighted by atomic mass is 32.2. The van der Waals surface area contributed by atoms with Gasteiger partial charge in [-0.3, -0.25) is 4.79 Å². The van der Waals surface area contributed by atoms with Gasteiger partial charge < -0.3 is 0 Å². The molecule has 19 heavy (non-hydrogen) atoms. The molecule has 1 atom stereocenters. The van der Waals surface area contributed by atoms with E-state index in [1.165, 1.54) is 0 Å². The number of hydrogen-bond donors (Lipinski definition) is 0. The maximum absolute atomic E-state index is 12.0. The third-order valence-electron chi connectivity index (χ3n) is 3.26. The van der Waals surface area contributed by atoms with Gasteiger partial charge in [0.2, 0.25) is 0 Å². The molecule has 1 aliphatic rings. The number of rotatable bonds is 5. The minimum atomic E-state index is 0.122. The molecule has 1 heterocycles. The standard InChI is InChI=1S/C15H20N2OS/c1-3-12(2)19-11-15(18)17-10-9-14(16-17)13-7-5-4-6-8-13/h4-8,12H,3,9-11H2,1-2H3/t12-/m0/s1. The molecule has 3 nitrogen and oxygen atoms in total. The van der Waals surface area contributed by atoms with Crippen molar-refractivity contribution in [3.05, 3.63) is 35.9 Å². The maximum Gasteiger partial charge on any atom is 0.252 e. The molecule has 1 aromatic carbocycles. The predicted molar refractivity (Wildman–Crippen MR) is 81.5 cm³/mol. The van der Waals surface area contributed by atoms with Crippen LogP contribution in [0.5, 0.6) is 0 Å². The van der Waals surface area contributed by atoms with Gasteiger partial charge in [0.05, 0.1) is 18.0 Å². The molecule has 4 heteroatoms. The Labute approximate surface area is 119 Å². The van der Waals surface area contributed by atoms with Crippen LogP contribution in [0.2, 0.25) is 0 Å². The lowest BCUT2D eigenvalue weighted by atomic mass is 10.1. The van der Waals surface area contributed by atoms with Crippen molar-refractivity contribution in [3.8, 4) is 0 Å². The summed E-state index contributed by atoms with van der Waals surface area (Å²) in [6, 6.07) is 10.1. The number of amides is 1. The number of hydrogen-bond acceptors (Lipinski definition) is 3. The molecule has 102 valence electrons. The highest BCUT2D eigenvalue weighted by Crippen LogP contribution is 2.18. The predicted octanol–water partition coefficient (Wildman–Crippen LogP) is 3.15. The molecule has 0 aliphatic carbocycles. The molecular formula is C15H20N2OS. The van der Waals surface area contributed by atoms with Gasteiger partial charge in [-0.25, -0.2) is 5.01 Å². The largest absolute Gasteiger partial charge is 0.272 e. The quantitative estimate of drug-likeness (QED) is 0.827. The van der Waals surface area contributed by atoms with E-state index in [-0.39, 0.29) is 5.91 Å². The third-order valence-corrected chi connectivity index (χ3v) is 4.58. The van der Waals surface area contributed by atoms with Gasteiger partial charge in [-0.15, -0.1) is 11.8 Å². The molecular weight excluding hydrogens is 256 g/mol. The molecule has 0 radical (unpaired) electrons. The van der Waals surface area contributed by atoms with E-state index in [4.69, 9.17) is 0 Å². The van der Waals surface area contributed by atoms with Gasteiger partial charge in [0.15, 0.2) is 0 Å². The van der Waals surface area contributed by atoms with Crippen LogP contribution in [0.1, 0.15) is 32.3 Å². The summed E-state index contributed by atoms with van der Waals surface area (Å²) < 4.78 is 0. The highest BCUT2D eigenvalue weighted by Gasteiger charge is 2.21. The second kappa shape index (κ2) is 6.75. The van der Waals surface area contributed by atoms with Crippen molar-refractivity contribution in [2.24, 2.45) is 5.10 Å². The first-order chi connectivity index (χ1) is 9.20. The summed E-state index contributed by atoms with van der Waals surface area (Å²) in [7, 11) is 0. The fraction of sp³-hybridized carbons (Fsp3) is 0.467. The number of benzene rings is 1. The molecule has 1 amide bonds. The lowest BCUT2D eigenvalue weighted by Gasteiger charge is -2.13. The van der Waals surface area contributed by atoms with Crippen molar-refractivity contribution in [1.82, 2.24) is 5.01 Å². The van der Waals surface area contributed by atoms with Gasteiger partial charge in [-0.05, 0) is 12.0 Å². The summed E-state index contributed by atoms with van der Waals surface area (Å²) in [5.74, 6) is 0.650. The fourth-order valence-electron chi connectivity index (χ4n) is 1.88. The smallest absolute Gasteiger partial charge is 0.252 e. The Bertz CT molecular complexity index is 458. The van der Waals surface area contributed by atoms with E-state index in [1.54, 1.807) is 16.8 Å². The van der Waals surface area contributed by atoms with Crippen LogP contribution in [0, 0.1) is 0 Å². The Morgan fingerprint density at radius 3 is 2.84 bits per heavy atom. The maximum atomic E-state index is 12.0. The normalized spacial score (nSPS) is 16.3. The molecule has 0 unspecified atom stereocenters. The Kier molecular flexibility index (Phi) is 5.02. The summed E-state index contributed by atoms with van der Waals surface area (Å²) in [6.45, 7) is 5.01. The highest BCUT2D eigenvalue weighted by molar-refractivity contribution is 8.00. The number of carbonyl (C=O) groups excluding carboxylic acids is 1. The molecule has 0 N–H and O–H groups in total. The van der Waals surface area contributed by atoms with Crippen LogP contribution < -0.4 is 0 Å². The second-order valence-corrected chi connectivity index (χ2v) is 6.14. The third kappa shape index (κ3) is 3.83. The zero-order valence-corrected chi connectivity index (χ0v) is 12.3. The molecule has 1 aromatic rings. The number of thioether (sulfide) groups is 1. The monoisotopic (exact) mass is 276 g/mol. The summed E-state index contributed by atoms with van der Waals surface area (Å²) in [4.78, 5) is 12.0. The van der Waals surface area contributed by atoms with E-state index in [9.17, 15) is 4.79 Å². The van der Waals surface area contributed by atoms with Crippen LogP contribution in [0.3, 0.4) is 0 Å². The molecule has 0 fully saturated rings. The minimum Gasteiger partial charge on any atom is -0.272 e. The first-order valence-corrected chi connectivity index (χ1v) is 7.80. The zero-order chi connectivity index (χ0) is 13.7. The van der Waals surface area contributed by atoms with E-state index in [1.807, 2.05) is 30.3 Å². The molecule has 0 spiro atoms. The molecule has 1 aliphatic heterocycles. The summed E-state index contributed by atoms with van der Waals surface area (Å²) >= 11 is 1.71. The Hall–Kier alpha value is -1.29. The van der Waals surface area contributed by atoms with Crippen molar-refractivity contribution in [3.63, 3.8) is 0 Å².